The highest BCUT2D eigenvalue weighted by Gasteiger charge is 2.14. The van der Waals surface area contributed by atoms with E-state index in [0.717, 1.165) is 18.8 Å². The highest BCUT2D eigenvalue weighted by Crippen LogP contribution is 2.10. The van der Waals surface area contributed by atoms with Crippen LogP contribution in [0.4, 0.5) is 5.69 Å². The van der Waals surface area contributed by atoms with Gasteiger partial charge in [0.25, 0.3) is 6.29 Å². The van der Waals surface area contributed by atoms with Crippen molar-refractivity contribution in [2.24, 2.45) is 0 Å². The van der Waals surface area contributed by atoms with E-state index in [4.69, 9.17) is 15.2 Å². The molecule has 0 saturated carbocycles. The number of likely N-dealkylation sites (N-methyl/N-ethyl adjacent to an activating group) is 1. The molecule has 0 bridgehead atoms. The van der Waals surface area contributed by atoms with Crippen molar-refractivity contribution in [3.05, 3.63) is 42.4 Å². The Hall–Kier alpha value is -1.68. The van der Waals surface area contributed by atoms with Gasteiger partial charge in [-0.25, -0.2) is 0 Å². The van der Waals surface area contributed by atoms with Crippen molar-refractivity contribution in [3.63, 3.8) is 0 Å². The maximum atomic E-state index is 5.63. The first-order chi connectivity index (χ1) is 7.74. The summed E-state index contributed by atoms with van der Waals surface area (Å²) < 4.78 is 10.4. The molecule has 0 amide bonds. The van der Waals surface area contributed by atoms with Crippen LogP contribution in [0.25, 0.3) is 0 Å². The van der Waals surface area contributed by atoms with Gasteiger partial charge in [0.2, 0.25) is 0 Å². The molecule has 86 valence electrons. The molecular formula is C12H16N2O2. The van der Waals surface area contributed by atoms with Crippen LogP contribution in [0, 0.1) is 0 Å². The molecule has 4 nitrogen and oxygen atoms in total. The lowest BCUT2D eigenvalue weighted by Gasteiger charge is -2.20. The van der Waals surface area contributed by atoms with Gasteiger partial charge in [0, 0.05) is 12.2 Å². The molecule has 1 heterocycles. The molecule has 0 spiro atoms. The molecule has 1 aliphatic heterocycles. The fourth-order valence-electron chi connectivity index (χ4n) is 1.61. The standard InChI is InChI=1S/C12H16N2O2/c1-14(9-12-15-6-7-16-12)8-10-2-4-11(13)5-3-10/h2-7,12H,8-9,13H2,1H3. The molecule has 1 aromatic rings. The van der Waals surface area contributed by atoms with E-state index in [0.29, 0.717) is 0 Å². The highest BCUT2D eigenvalue weighted by molar-refractivity contribution is 5.39. The summed E-state index contributed by atoms with van der Waals surface area (Å²) in [7, 11) is 2.03. The molecule has 2 N–H and O–H groups in total. The summed E-state index contributed by atoms with van der Waals surface area (Å²) in [5, 5.41) is 0. The van der Waals surface area contributed by atoms with E-state index in [9.17, 15) is 0 Å². The fourth-order valence-corrected chi connectivity index (χ4v) is 1.61. The molecule has 0 unspecified atom stereocenters. The quantitative estimate of drug-likeness (QED) is 0.782. The van der Waals surface area contributed by atoms with Crippen LogP contribution in [-0.4, -0.2) is 24.8 Å². The molecule has 4 heteroatoms. The van der Waals surface area contributed by atoms with Crippen LogP contribution in [0.5, 0.6) is 0 Å². The van der Waals surface area contributed by atoms with E-state index in [1.807, 2.05) is 31.3 Å². The first kappa shape index (κ1) is 10.8. The summed E-state index contributed by atoms with van der Waals surface area (Å²) in [4.78, 5) is 2.14. The smallest absolute Gasteiger partial charge is 0.252 e. The Labute approximate surface area is 95.3 Å². The number of hydrogen-bond donors (Lipinski definition) is 1. The second-order valence-electron chi connectivity index (χ2n) is 3.91. The largest absolute Gasteiger partial charge is 0.458 e. The van der Waals surface area contributed by atoms with Crippen molar-refractivity contribution >= 4 is 5.69 Å². The Bertz CT molecular complexity index is 354. The summed E-state index contributed by atoms with van der Waals surface area (Å²) >= 11 is 0. The van der Waals surface area contributed by atoms with E-state index in [-0.39, 0.29) is 6.29 Å². The highest BCUT2D eigenvalue weighted by atomic mass is 16.7. The van der Waals surface area contributed by atoms with E-state index in [2.05, 4.69) is 4.90 Å². The van der Waals surface area contributed by atoms with Gasteiger partial charge in [-0.05, 0) is 24.7 Å². The fraction of sp³-hybridized carbons (Fsp3) is 0.333. The molecule has 16 heavy (non-hydrogen) atoms. The number of nitrogens with zero attached hydrogens (tertiary/aromatic N) is 1. The minimum atomic E-state index is -0.182. The predicted molar refractivity (Wildman–Crippen MR) is 62.3 cm³/mol. The molecule has 2 rings (SSSR count). The van der Waals surface area contributed by atoms with E-state index in [1.165, 1.54) is 5.56 Å². The third kappa shape index (κ3) is 2.90. The molecule has 0 aromatic heterocycles. The Morgan fingerprint density at radius 2 is 1.81 bits per heavy atom. The Kier molecular flexibility index (Phi) is 3.31. The lowest BCUT2D eigenvalue weighted by molar-refractivity contribution is -0.0422. The first-order valence-corrected chi connectivity index (χ1v) is 5.23. The normalized spacial score (nSPS) is 15.1. The molecule has 0 aliphatic carbocycles. The number of nitrogen functional groups attached to an aromatic ring is 1. The van der Waals surface area contributed by atoms with Gasteiger partial charge in [-0.15, -0.1) is 0 Å². The Morgan fingerprint density at radius 3 is 2.44 bits per heavy atom. The van der Waals surface area contributed by atoms with Gasteiger partial charge in [0.05, 0.1) is 6.54 Å². The molecule has 0 saturated heterocycles. The van der Waals surface area contributed by atoms with E-state index in [1.54, 1.807) is 12.5 Å². The zero-order valence-corrected chi connectivity index (χ0v) is 9.30. The number of ether oxygens (including phenoxy) is 2. The summed E-state index contributed by atoms with van der Waals surface area (Å²) in [5.41, 5.74) is 7.64. The summed E-state index contributed by atoms with van der Waals surface area (Å²) in [6.45, 7) is 1.58. The SMILES string of the molecule is CN(Cc1ccc(N)cc1)CC1OC=CO1. The first-order valence-electron chi connectivity index (χ1n) is 5.23. The number of rotatable bonds is 4. The Morgan fingerprint density at radius 1 is 1.19 bits per heavy atom. The third-order valence-electron chi connectivity index (χ3n) is 2.41. The van der Waals surface area contributed by atoms with Crippen molar-refractivity contribution in [3.8, 4) is 0 Å². The van der Waals surface area contributed by atoms with E-state index < -0.39 is 0 Å². The van der Waals surface area contributed by atoms with Gasteiger partial charge in [-0.2, -0.15) is 0 Å². The summed E-state index contributed by atoms with van der Waals surface area (Å²) in [6, 6.07) is 7.88. The zero-order chi connectivity index (χ0) is 11.4. The van der Waals surface area contributed by atoms with Crippen LogP contribution in [0.15, 0.2) is 36.8 Å². The minimum Gasteiger partial charge on any atom is -0.458 e. The van der Waals surface area contributed by atoms with Crippen LogP contribution in [0.2, 0.25) is 0 Å². The van der Waals surface area contributed by atoms with Gasteiger partial charge in [0.1, 0.15) is 12.5 Å². The van der Waals surface area contributed by atoms with Crippen LogP contribution >= 0.6 is 0 Å². The van der Waals surface area contributed by atoms with Crippen LogP contribution in [0.3, 0.4) is 0 Å². The van der Waals surface area contributed by atoms with Crippen molar-refractivity contribution in [2.45, 2.75) is 12.8 Å². The predicted octanol–water partition coefficient (Wildman–Crippen LogP) is 1.54. The number of anilines is 1. The third-order valence-corrected chi connectivity index (χ3v) is 2.41. The lowest BCUT2D eigenvalue weighted by atomic mass is 10.2. The van der Waals surface area contributed by atoms with E-state index >= 15 is 0 Å². The van der Waals surface area contributed by atoms with Crippen LogP contribution in [-0.2, 0) is 16.0 Å². The average Bonchev–Trinajstić information content (AvgIpc) is 2.74. The molecule has 0 radical (unpaired) electrons. The second-order valence-corrected chi connectivity index (χ2v) is 3.91. The number of hydrogen-bond acceptors (Lipinski definition) is 4. The maximum Gasteiger partial charge on any atom is 0.252 e. The number of nitrogens with two attached hydrogens (primary N) is 1. The second kappa shape index (κ2) is 4.90. The zero-order valence-electron chi connectivity index (χ0n) is 9.30. The Balaban J connectivity index is 1.82. The van der Waals surface area contributed by atoms with Gasteiger partial charge in [-0.3, -0.25) is 4.90 Å². The summed E-state index contributed by atoms with van der Waals surface area (Å²) in [6.07, 6.45) is 2.96. The molecule has 1 aromatic carbocycles. The number of benzene rings is 1. The molecule has 0 atom stereocenters. The van der Waals surface area contributed by atoms with Crippen molar-refractivity contribution in [1.29, 1.82) is 0 Å². The minimum absolute atomic E-state index is 0.182. The molecular weight excluding hydrogens is 204 g/mol. The van der Waals surface area contributed by atoms with Gasteiger partial charge < -0.3 is 15.2 Å². The van der Waals surface area contributed by atoms with Gasteiger partial charge in [0.15, 0.2) is 0 Å². The van der Waals surface area contributed by atoms with Gasteiger partial charge >= 0.3 is 0 Å². The monoisotopic (exact) mass is 220 g/mol. The van der Waals surface area contributed by atoms with Crippen molar-refractivity contribution in [2.75, 3.05) is 19.3 Å². The maximum absolute atomic E-state index is 5.63. The summed E-state index contributed by atoms with van der Waals surface area (Å²) in [5.74, 6) is 0. The lowest BCUT2D eigenvalue weighted by Crippen LogP contribution is -2.29. The topological polar surface area (TPSA) is 47.7 Å². The van der Waals surface area contributed by atoms with Crippen LogP contribution in [0.1, 0.15) is 5.56 Å². The van der Waals surface area contributed by atoms with Gasteiger partial charge in [-0.1, -0.05) is 12.1 Å². The van der Waals surface area contributed by atoms with Crippen molar-refractivity contribution in [1.82, 2.24) is 4.90 Å². The molecule has 1 aliphatic rings. The van der Waals surface area contributed by atoms with Crippen LogP contribution < -0.4 is 5.73 Å². The average molecular weight is 220 g/mol. The molecule has 0 fully saturated rings. The van der Waals surface area contributed by atoms with Crippen molar-refractivity contribution < 1.29 is 9.47 Å².